The lowest BCUT2D eigenvalue weighted by Gasteiger charge is -2.27. The summed E-state index contributed by atoms with van der Waals surface area (Å²) in [5, 5.41) is 1.43. The number of hydrogen-bond acceptors (Lipinski definition) is 1. The third-order valence-electron chi connectivity index (χ3n) is 3.11. The van der Waals surface area contributed by atoms with E-state index in [1.54, 1.807) is 0 Å². The molecule has 0 fully saturated rings. The summed E-state index contributed by atoms with van der Waals surface area (Å²) in [6, 6.07) is 11.1. The molecule has 0 atom stereocenters. The Kier molecular flexibility index (Phi) is 3.90. The molecule has 1 aromatic rings. The molecule has 0 saturated carbocycles. The Labute approximate surface area is 88.2 Å². The van der Waals surface area contributed by atoms with Gasteiger partial charge in [-0.1, -0.05) is 43.7 Å². The summed E-state index contributed by atoms with van der Waals surface area (Å²) in [5.41, 5.74) is 1.32. The van der Waals surface area contributed by atoms with E-state index in [-0.39, 0.29) is 0 Å². The number of benzene rings is 1. The van der Waals surface area contributed by atoms with Crippen molar-refractivity contribution in [1.82, 2.24) is 0 Å². The third-order valence-corrected chi connectivity index (χ3v) is 7.56. The van der Waals surface area contributed by atoms with Crippen LogP contribution in [0.25, 0.3) is 0 Å². The summed E-state index contributed by atoms with van der Waals surface area (Å²) in [5.74, 6) is 0. The smallest absolute Gasteiger partial charge is 0.223 e. The minimum atomic E-state index is -1.62. The van der Waals surface area contributed by atoms with Crippen LogP contribution in [0.3, 0.4) is 0 Å². The highest BCUT2D eigenvalue weighted by atomic mass is 28.4. The molecule has 14 heavy (non-hydrogen) atoms. The van der Waals surface area contributed by atoms with Crippen molar-refractivity contribution in [2.24, 2.45) is 0 Å². The van der Waals surface area contributed by atoms with Crippen molar-refractivity contribution >= 4 is 13.5 Å². The maximum absolute atomic E-state index is 5.80. The maximum atomic E-state index is 5.80. The summed E-state index contributed by atoms with van der Waals surface area (Å²) in [6.45, 7) is 6.59. The fourth-order valence-corrected chi connectivity index (χ4v) is 4.83. The van der Waals surface area contributed by atoms with Crippen LogP contribution in [-0.4, -0.2) is 15.4 Å². The Morgan fingerprint density at radius 2 is 1.57 bits per heavy atom. The first-order valence-electron chi connectivity index (χ1n) is 5.31. The molecule has 0 saturated heterocycles. The highest BCUT2D eigenvalue weighted by molar-refractivity contribution is 6.86. The van der Waals surface area contributed by atoms with Gasteiger partial charge < -0.3 is 4.43 Å². The van der Waals surface area contributed by atoms with Crippen molar-refractivity contribution in [3.8, 4) is 0 Å². The van der Waals surface area contributed by atoms with Crippen molar-refractivity contribution in [3.05, 3.63) is 29.8 Å². The molecule has 1 aromatic carbocycles. The quantitative estimate of drug-likeness (QED) is 0.691. The lowest BCUT2D eigenvalue weighted by molar-refractivity contribution is 0.405. The molecule has 0 amide bonds. The zero-order chi connectivity index (χ0) is 10.6. The van der Waals surface area contributed by atoms with Crippen LogP contribution in [0.5, 0.6) is 0 Å². The Balaban J connectivity index is 3.05. The molecule has 78 valence electrons. The summed E-state index contributed by atoms with van der Waals surface area (Å²) in [7, 11) is 0.244. The fraction of sp³-hybridized carbons (Fsp3) is 0.500. The van der Waals surface area contributed by atoms with Crippen LogP contribution < -0.4 is 5.19 Å². The molecule has 0 heterocycles. The number of rotatable bonds is 4. The van der Waals surface area contributed by atoms with Gasteiger partial charge in [0.05, 0.1) is 0 Å². The van der Waals surface area contributed by atoms with Crippen LogP contribution >= 0.6 is 0 Å². The van der Waals surface area contributed by atoms with E-state index >= 15 is 0 Å². The average molecular weight is 208 g/mol. The minimum Gasteiger partial charge on any atom is -0.416 e. The third kappa shape index (κ3) is 2.07. The molecule has 0 N–H and O–H groups in total. The summed E-state index contributed by atoms with van der Waals surface area (Å²) in [6.07, 6.45) is 0. The van der Waals surface area contributed by atoms with Gasteiger partial charge in [0, 0.05) is 7.11 Å². The highest BCUT2D eigenvalue weighted by Gasteiger charge is 2.31. The van der Waals surface area contributed by atoms with E-state index in [2.05, 4.69) is 45.0 Å². The monoisotopic (exact) mass is 208 g/mol. The van der Waals surface area contributed by atoms with Gasteiger partial charge in [-0.2, -0.15) is 0 Å². The van der Waals surface area contributed by atoms with E-state index in [4.69, 9.17) is 4.43 Å². The van der Waals surface area contributed by atoms with E-state index in [9.17, 15) is 0 Å². The number of aryl methyl sites for hydroxylation is 1. The van der Waals surface area contributed by atoms with E-state index in [0.29, 0.717) is 0 Å². The first-order valence-corrected chi connectivity index (χ1v) is 7.63. The van der Waals surface area contributed by atoms with Gasteiger partial charge in [-0.3, -0.25) is 0 Å². The Morgan fingerprint density at radius 3 is 1.93 bits per heavy atom. The van der Waals surface area contributed by atoms with Crippen LogP contribution in [0.15, 0.2) is 24.3 Å². The molecule has 0 unspecified atom stereocenters. The second-order valence-corrected chi connectivity index (χ2v) is 8.16. The standard InChI is InChI=1S/C12H20OSi/c1-5-14(6-2,13-4)12-9-7-11(3)8-10-12/h7-10H,5-6H2,1-4H3. The predicted molar refractivity (Wildman–Crippen MR) is 64.5 cm³/mol. The zero-order valence-corrected chi connectivity index (χ0v) is 10.6. The summed E-state index contributed by atoms with van der Waals surface area (Å²) >= 11 is 0. The van der Waals surface area contributed by atoms with Gasteiger partial charge in [-0.05, 0) is 24.2 Å². The molecule has 0 spiro atoms. The topological polar surface area (TPSA) is 9.23 Å². The maximum Gasteiger partial charge on any atom is 0.223 e. The van der Waals surface area contributed by atoms with Gasteiger partial charge in [0.25, 0.3) is 0 Å². The Bertz CT molecular complexity index is 267. The molecular weight excluding hydrogens is 188 g/mol. The molecule has 0 aromatic heterocycles. The number of hydrogen-bond donors (Lipinski definition) is 0. The average Bonchev–Trinajstić information content (AvgIpc) is 2.24. The van der Waals surface area contributed by atoms with Crippen molar-refractivity contribution in [2.45, 2.75) is 32.9 Å². The van der Waals surface area contributed by atoms with Gasteiger partial charge in [-0.15, -0.1) is 0 Å². The van der Waals surface area contributed by atoms with Gasteiger partial charge in [0.2, 0.25) is 8.32 Å². The second-order valence-electron chi connectivity index (χ2n) is 3.77. The van der Waals surface area contributed by atoms with Crippen LogP contribution in [0, 0.1) is 6.92 Å². The van der Waals surface area contributed by atoms with Crippen LogP contribution in [0.1, 0.15) is 19.4 Å². The van der Waals surface area contributed by atoms with Crippen molar-refractivity contribution in [1.29, 1.82) is 0 Å². The van der Waals surface area contributed by atoms with Crippen LogP contribution in [0.4, 0.5) is 0 Å². The van der Waals surface area contributed by atoms with Gasteiger partial charge >= 0.3 is 0 Å². The zero-order valence-electron chi connectivity index (χ0n) is 9.63. The lowest BCUT2D eigenvalue weighted by atomic mass is 10.2. The Hall–Kier alpha value is -0.603. The van der Waals surface area contributed by atoms with E-state index in [1.165, 1.54) is 10.8 Å². The molecule has 0 aliphatic heterocycles. The van der Waals surface area contributed by atoms with Crippen molar-refractivity contribution in [2.75, 3.05) is 7.11 Å². The molecular formula is C12H20OSi. The molecule has 0 radical (unpaired) electrons. The SMILES string of the molecule is CC[Si](CC)(OC)c1ccc(C)cc1. The second kappa shape index (κ2) is 4.76. The van der Waals surface area contributed by atoms with Gasteiger partial charge in [0.15, 0.2) is 0 Å². The van der Waals surface area contributed by atoms with Crippen molar-refractivity contribution in [3.63, 3.8) is 0 Å². The Morgan fingerprint density at radius 1 is 1.07 bits per heavy atom. The molecule has 0 aliphatic carbocycles. The first-order chi connectivity index (χ1) is 6.68. The predicted octanol–water partition coefficient (Wildman–Crippen LogP) is 2.83. The van der Waals surface area contributed by atoms with E-state index in [1.807, 2.05) is 7.11 Å². The molecule has 2 heteroatoms. The first kappa shape index (κ1) is 11.5. The molecule has 0 bridgehead atoms. The van der Waals surface area contributed by atoms with Crippen LogP contribution in [-0.2, 0) is 4.43 Å². The normalized spacial score (nSPS) is 11.7. The minimum absolute atomic E-state index is 1.16. The highest BCUT2D eigenvalue weighted by Crippen LogP contribution is 2.16. The van der Waals surface area contributed by atoms with E-state index < -0.39 is 8.32 Å². The van der Waals surface area contributed by atoms with Crippen LogP contribution in [0.2, 0.25) is 12.1 Å². The summed E-state index contributed by atoms with van der Waals surface area (Å²) in [4.78, 5) is 0. The fourth-order valence-electron chi connectivity index (χ4n) is 1.92. The van der Waals surface area contributed by atoms with E-state index in [0.717, 1.165) is 12.1 Å². The van der Waals surface area contributed by atoms with Gasteiger partial charge in [0.1, 0.15) is 0 Å². The molecule has 1 nitrogen and oxygen atoms in total. The molecule has 0 aliphatic rings. The largest absolute Gasteiger partial charge is 0.416 e. The lowest BCUT2D eigenvalue weighted by Crippen LogP contribution is -2.48. The van der Waals surface area contributed by atoms with Crippen molar-refractivity contribution < 1.29 is 4.43 Å². The summed E-state index contributed by atoms with van der Waals surface area (Å²) < 4.78 is 5.80. The van der Waals surface area contributed by atoms with Gasteiger partial charge in [-0.25, -0.2) is 0 Å². The molecule has 1 rings (SSSR count).